The smallest absolute Gasteiger partial charge is 0.308 e. The summed E-state index contributed by atoms with van der Waals surface area (Å²) in [7, 11) is -4.21. The second-order valence-electron chi connectivity index (χ2n) is 5.51. The number of aliphatic carboxylic acids is 1. The molecule has 1 N–H and O–H groups in total. The van der Waals surface area contributed by atoms with Gasteiger partial charge in [-0.05, 0) is 41.3 Å². The highest BCUT2D eigenvalue weighted by molar-refractivity contribution is 9.10. The molecule has 2 heterocycles. The largest absolute Gasteiger partial charge is 0.481 e. The molecule has 2 bridgehead atoms. The van der Waals surface area contributed by atoms with Gasteiger partial charge in [-0.2, -0.15) is 4.31 Å². The average molecular weight is 396 g/mol. The molecule has 2 aliphatic heterocycles. The van der Waals surface area contributed by atoms with E-state index in [9.17, 15) is 27.1 Å². The van der Waals surface area contributed by atoms with Gasteiger partial charge in [0, 0.05) is 18.2 Å². The highest BCUT2D eigenvalue weighted by Crippen LogP contribution is 2.45. The predicted molar refractivity (Wildman–Crippen MR) is 75.6 cm³/mol. The van der Waals surface area contributed by atoms with E-state index in [0.717, 1.165) is 10.4 Å². The Labute approximate surface area is 134 Å². The third-order valence-electron chi connectivity index (χ3n) is 4.32. The number of carboxylic acids is 1. The van der Waals surface area contributed by atoms with E-state index in [1.54, 1.807) is 0 Å². The first-order valence-electron chi connectivity index (χ1n) is 6.64. The molecule has 0 radical (unpaired) electrons. The van der Waals surface area contributed by atoms with Crippen LogP contribution in [0.4, 0.5) is 8.78 Å². The Morgan fingerprint density at radius 2 is 1.95 bits per heavy atom. The van der Waals surface area contributed by atoms with Gasteiger partial charge < -0.3 is 5.11 Å². The zero-order chi connectivity index (χ0) is 16.2. The predicted octanol–water partition coefficient (Wildman–Crippen LogP) is 2.35. The molecule has 1 aromatic rings. The van der Waals surface area contributed by atoms with E-state index in [2.05, 4.69) is 15.9 Å². The van der Waals surface area contributed by atoms with E-state index in [1.807, 2.05) is 0 Å². The van der Waals surface area contributed by atoms with Crippen LogP contribution in [0.25, 0.3) is 0 Å². The molecule has 3 rings (SSSR count). The van der Waals surface area contributed by atoms with Gasteiger partial charge in [0.25, 0.3) is 0 Å². The molecule has 2 aliphatic rings. The molecule has 22 heavy (non-hydrogen) atoms. The van der Waals surface area contributed by atoms with Crippen LogP contribution in [-0.4, -0.2) is 35.9 Å². The zero-order valence-corrected chi connectivity index (χ0v) is 13.6. The number of benzene rings is 1. The molecule has 2 saturated heterocycles. The lowest BCUT2D eigenvalue weighted by atomic mass is 9.89. The Balaban J connectivity index is 2.05. The quantitative estimate of drug-likeness (QED) is 0.797. The second kappa shape index (κ2) is 5.24. The van der Waals surface area contributed by atoms with Gasteiger partial charge in [0.05, 0.1) is 10.4 Å². The Morgan fingerprint density at radius 1 is 1.27 bits per heavy atom. The van der Waals surface area contributed by atoms with E-state index in [-0.39, 0.29) is 10.9 Å². The van der Waals surface area contributed by atoms with Gasteiger partial charge in [0.2, 0.25) is 10.0 Å². The fourth-order valence-electron chi connectivity index (χ4n) is 3.39. The molecule has 5 nitrogen and oxygen atoms in total. The minimum absolute atomic E-state index is 0.159. The van der Waals surface area contributed by atoms with Crippen molar-refractivity contribution in [3.8, 4) is 0 Å². The molecule has 120 valence electrons. The number of sulfonamides is 1. The molecular weight excluding hydrogens is 384 g/mol. The van der Waals surface area contributed by atoms with Crippen LogP contribution in [0.15, 0.2) is 21.5 Å². The molecule has 0 aliphatic carbocycles. The summed E-state index contributed by atoms with van der Waals surface area (Å²) in [6, 6.07) is 0.270. The Bertz CT molecular complexity index is 755. The summed E-state index contributed by atoms with van der Waals surface area (Å²) in [5.41, 5.74) is 0. The third-order valence-corrected chi connectivity index (χ3v) is 6.92. The van der Waals surface area contributed by atoms with Crippen molar-refractivity contribution in [2.75, 3.05) is 0 Å². The first kappa shape index (κ1) is 15.8. The summed E-state index contributed by atoms with van der Waals surface area (Å²) in [5, 5.41) is 9.17. The van der Waals surface area contributed by atoms with Crippen LogP contribution >= 0.6 is 15.9 Å². The summed E-state index contributed by atoms with van der Waals surface area (Å²) in [6.45, 7) is 0. The normalized spacial score (nSPS) is 28.2. The number of hydrogen-bond acceptors (Lipinski definition) is 3. The Morgan fingerprint density at radius 3 is 2.55 bits per heavy atom. The van der Waals surface area contributed by atoms with E-state index in [4.69, 9.17) is 0 Å². The van der Waals surface area contributed by atoms with Gasteiger partial charge in [-0.3, -0.25) is 4.79 Å². The lowest BCUT2D eigenvalue weighted by Crippen LogP contribution is -2.38. The molecular formula is C13H12BrF2NO4S. The maximum atomic E-state index is 13.9. The third kappa shape index (κ3) is 2.26. The van der Waals surface area contributed by atoms with Crippen molar-refractivity contribution < 1.29 is 27.1 Å². The lowest BCUT2D eigenvalue weighted by molar-refractivity contribution is -0.142. The average Bonchev–Trinajstić information content (AvgIpc) is 3.01. The molecule has 3 atom stereocenters. The fraction of sp³-hybridized carbons (Fsp3) is 0.462. The summed E-state index contributed by atoms with van der Waals surface area (Å²) in [6.07, 6.45) is 1.21. The first-order valence-corrected chi connectivity index (χ1v) is 8.87. The summed E-state index contributed by atoms with van der Waals surface area (Å²) < 4.78 is 53.5. The highest BCUT2D eigenvalue weighted by atomic mass is 79.9. The molecule has 1 aromatic carbocycles. The van der Waals surface area contributed by atoms with Crippen molar-refractivity contribution in [1.82, 2.24) is 4.31 Å². The van der Waals surface area contributed by atoms with Gasteiger partial charge in [-0.1, -0.05) is 0 Å². The van der Waals surface area contributed by atoms with Crippen molar-refractivity contribution in [2.24, 2.45) is 5.92 Å². The second-order valence-corrected chi connectivity index (χ2v) is 8.18. The van der Waals surface area contributed by atoms with Gasteiger partial charge in [-0.15, -0.1) is 0 Å². The molecule has 0 aromatic heterocycles. The molecule has 0 amide bonds. The maximum Gasteiger partial charge on any atom is 0.308 e. The maximum absolute atomic E-state index is 13.9. The zero-order valence-electron chi connectivity index (χ0n) is 11.2. The van der Waals surface area contributed by atoms with Gasteiger partial charge in [-0.25, -0.2) is 17.2 Å². The highest BCUT2D eigenvalue weighted by Gasteiger charge is 2.54. The minimum atomic E-state index is -4.21. The number of hydrogen-bond donors (Lipinski definition) is 1. The number of carboxylic acid groups (broad SMARTS) is 1. The number of rotatable bonds is 3. The number of carbonyl (C=O) groups is 1. The van der Waals surface area contributed by atoms with E-state index >= 15 is 0 Å². The lowest BCUT2D eigenvalue weighted by Gasteiger charge is -2.22. The molecule has 3 unspecified atom stereocenters. The fourth-order valence-corrected chi connectivity index (χ4v) is 5.88. The van der Waals surface area contributed by atoms with E-state index in [0.29, 0.717) is 18.9 Å². The minimum Gasteiger partial charge on any atom is -0.481 e. The van der Waals surface area contributed by atoms with Crippen molar-refractivity contribution in [2.45, 2.75) is 36.2 Å². The molecule has 0 saturated carbocycles. The van der Waals surface area contributed by atoms with E-state index in [1.165, 1.54) is 0 Å². The van der Waals surface area contributed by atoms with Crippen LogP contribution in [0.1, 0.15) is 19.3 Å². The van der Waals surface area contributed by atoms with Crippen molar-refractivity contribution in [3.05, 3.63) is 28.2 Å². The Hall–Kier alpha value is -1.06. The monoisotopic (exact) mass is 395 g/mol. The number of nitrogens with zero attached hydrogens (tertiary/aromatic N) is 1. The number of halogens is 3. The topological polar surface area (TPSA) is 74.7 Å². The van der Waals surface area contributed by atoms with Crippen LogP contribution in [0.2, 0.25) is 0 Å². The van der Waals surface area contributed by atoms with Crippen LogP contribution in [0.5, 0.6) is 0 Å². The van der Waals surface area contributed by atoms with Crippen molar-refractivity contribution in [3.63, 3.8) is 0 Å². The van der Waals surface area contributed by atoms with Gasteiger partial charge in [0.15, 0.2) is 0 Å². The van der Waals surface area contributed by atoms with Crippen LogP contribution in [-0.2, 0) is 14.8 Å². The molecule has 2 fully saturated rings. The van der Waals surface area contributed by atoms with Crippen molar-refractivity contribution >= 4 is 31.9 Å². The van der Waals surface area contributed by atoms with E-state index < -0.39 is 50.5 Å². The summed E-state index contributed by atoms with van der Waals surface area (Å²) in [5.74, 6) is -3.91. The van der Waals surface area contributed by atoms with Gasteiger partial charge in [0.1, 0.15) is 16.5 Å². The first-order chi connectivity index (χ1) is 10.2. The van der Waals surface area contributed by atoms with Crippen molar-refractivity contribution in [1.29, 1.82) is 0 Å². The number of fused-ring (bicyclic) bond motifs is 2. The summed E-state index contributed by atoms with van der Waals surface area (Å²) in [4.78, 5) is 10.6. The van der Waals surface area contributed by atoms with Gasteiger partial charge >= 0.3 is 5.97 Å². The van der Waals surface area contributed by atoms with Crippen LogP contribution < -0.4 is 0 Å². The van der Waals surface area contributed by atoms with Crippen LogP contribution in [0, 0.1) is 17.6 Å². The Kier molecular flexibility index (Phi) is 3.77. The SMILES string of the molecule is O=C(O)C1CC2CCC1N2S(=O)(=O)c1cc(Br)c(F)cc1F. The standard InChI is InChI=1S/C13H12BrF2NO4S/c14-8-4-12(10(16)5-9(8)15)22(20,21)17-6-1-2-11(17)7(3-6)13(18)19/h4-7,11H,1-3H2,(H,18,19). The summed E-state index contributed by atoms with van der Waals surface area (Å²) >= 11 is 2.84. The van der Waals surface area contributed by atoms with Crippen LogP contribution in [0.3, 0.4) is 0 Å². The molecule has 0 spiro atoms. The molecule has 9 heteroatoms.